The maximum absolute atomic E-state index is 12.8. The lowest BCUT2D eigenvalue weighted by Gasteiger charge is -2.39. The largest absolute Gasteiger partial charge is 0.332 e. The Morgan fingerprint density at radius 2 is 1.93 bits per heavy atom. The third-order valence-corrected chi connectivity index (χ3v) is 7.33. The number of piperidine rings is 1. The number of hydrogen-bond acceptors (Lipinski definition) is 5. The number of H-pyrrole nitrogens is 1. The second kappa shape index (κ2) is 7.01. The summed E-state index contributed by atoms with van der Waals surface area (Å²) >= 11 is 0. The molecule has 3 heterocycles. The predicted molar refractivity (Wildman–Crippen MR) is 99.5 cm³/mol. The van der Waals surface area contributed by atoms with Gasteiger partial charge in [-0.05, 0) is 38.5 Å². The van der Waals surface area contributed by atoms with Gasteiger partial charge < -0.3 is 9.88 Å². The number of likely N-dealkylation sites (tertiary alicyclic amines) is 1. The number of aromatic nitrogens is 2. The van der Waals surface area contributed by atoms with Gasteiger partial charge in [-0.3, -0.25) is 9.59 Å². The number of sulfonamides is 1. The van der Waals surface area contributed by atoms with Crippen molar-refractivity contribution in [3.8, 4) is 0 Å². The minimum Gasteiger partial charge on any atom is -0.332 e. The highest BCUT2D eigenvalue weighted by Crippen LogP contribution is 2.35. The van der Waals surface area contributed by atoms with Crippen LogP contribution in [0.25, 0.3) is 0 Å². The molecule has 1 saturated heterocycles. The van der Waals surface area contributed by atoms with Crippen molar-refractivity contribution in [1.29, 1.82) is 0 Å². The monoisotopic (exact) mass is 394 g/mol. The zero-order valence-electron chi connectivity index (χ0n) is 15.6. The van der Waals surface area contributed by atoms with Gasteiger partial charge in [-0.2, -0.15) is 4.31 Å². The van der Waals surface area contributed by atoms with Crippen molar-refractivity contribution >= 4 is 15.9 Å². The molecule has 0 spiro atoms. The van der Waals surface area contributed by atoms with Crippen molar-refractivity contribution in [3.63, 3.8) is 0 Å². The minimum absolute atomic E-state index is 0.107. The Hall–Kier alpha value is -1.74. The topological polar surface area (TPSA) is 103 Å². The molecule has 27 heavy (non-hydrogen) atoms. The first kappa shape index (κ1) is 18.6. The van der Waals surface area contributed by atoms with E-state index in [-0.39, 0.29) is 30.0 Å². The first-order valence-electron chi connectivity index (χ1n) is 9.72. The Morgan fingerprint density at radius 3 is 2.59 bits per heavy atom. The van der Waals surface area contributed by atoms with Crippen LogP contribution in [0.5, 0.6) is 0 Å². The molecule has 8 nitrogen and oxygen atoms in total. The van der Waals surface area contributed by atoms with Crippen molar-refractivity contribution in [2.24, 2.45) is 5.92 Å². The number of carbonyl (C=O) groups excluding carboxylic acids is 1. The Labute approximate surface area is 159 Å². The molecule has 1 atom stereocenters. The van der Waals surface area contributed by atoms with Crippen LogP contribution in [-0.2, 0) is 27.8 Å². The Balaban J connectivity index is 1.66. The summed E-state index contributed by atoms with van der Waals surface area (Å²) in [6.07, 6.45) is 7.24. The summed E-state index contributed by atoms with van der Waals surface area (Å²) in [5.74, 6) is 0.779. The number of nitrogens with one attached hydrogen (secondary N) is 1. The van der Waals surface area contributed by atoms with E-state index < -0.39 is 10.0 Å². The standard InChI is InChI=1S/C18H26N4O4S/c1-27(25,26)21-10-8-13-14(11-21)19-16(20-17(13)23)15-7-2-3-9-22(15)18(24)12-5-4-6-12/h12,15H,2-11H2,1H3,(H,19,20,23). The van der Waals surface area contributed by atoms with Crippen LogP contribution in [-0.4, -0.2) is 52.8 Å². The quantitative estimate of drug-likeness (QED) is 0.822. The van der Waals surface area contributed by atoms with Gasteiger partial charge in [0.15, 0.2) is 0 Å². The predicted octanol–water partition coefficient (Wildman–Crippen LogP) is 0.941. The van der Waals surface area contributed by atoms with E-state index in [2.05, 4.69) is 9.97 Å². The zero-order chi connectivity index (χ0) is 19.2. The van der Waals surface area contributed by atoms with Crippen LogP contribution in [0.1, 0.15) is 61.6 Å². The van der Waals surface area contributed by atoms with E-state index >= 15 is 0 Å². The first-order valence-corrected chi connectivity index (χ1v) is 11.6. The van der Waals surface area contributed by atoms with Gasteiger partial charge in [-0.25, -0.2) is 13.4 Å². The van der Waals surface area contributed by atoms with Crippen LogP contribution < -0.4 is 5.56 Å². The van der Waals surface area contributed by atoms with Crippen molar-refractivity contribution in [2.45, 2.75) is 57.5 Å². The fraction of sp³-hybridized carbons (Fsp3) is 0.722. The van der Waals surface area contributed by atoms with E-state index in [1.807, 2.05) is 4.90 Å². The molecule has 1 aliphatic carbocycles. The maximum Gasteiger partial charge on any atom is 0.254 e. The molecule has 1 aromatic heterocycles. The molecule has 0 radical (unpaired) electrons. The molecule has 1 unspecified atom stereocenters. The van der Waals surface area contributed by atoms with Crippen LogP contribution in [0.15, 0.2) is 4.79 Å². The molecule has 9 heteroatoms. The number of fused-ring (bicyclic) bond motifs is 1. The summed E-state index contributed by atoms with van der Waals surface area (Å²) in [4.78, 5) is 34.9. The lowest BCUT2D eigenvalue weighted by Crippen LogP contribution is -2.45. The summed E-state index contributed by atoms with van der Waals surface area (Å²) in [5.41, 5.74) is 0.878. The molecule has 148 valence electrons. The van der Waals surface area contributed by atoms with Gasteiger partial charge in [0, 0.05) is 24.6 Å². The van der Waals surface area contributed by atoms with E-state index in [9.17, 15) is 18.0 Å². The van der Waals surface area contributed by atoms with Gasteiger partial charge in [0.1, 0.15) is 5.82 Å². The fourth-order valence-electron chi connectivity index (χ4n) is 4.25. The maximum atomic E-state index is 12.8. The van der Waals surface area contributed by atoms with Gasteiger partial charge in [-0.1, -0.05) is 6.42 Å². The molecule has 1 N–H and O–H groups in total. The molecule has 2 aliphatic heterocycles. The van der Waals surface area contributed by atoms with E-state index in [1.54, 1.807) is 0 Å². The molecule has 3 aliphatic rings. The average Bonchev–Trinajstić information content (AvgIpc) is 2.59. The molecule has 1 amide bonds. The Morgan fingerprint density at radius 1 is 1.15 bits per heavy atom. The number of amides is 1. The molecular weight excluding hydrogens is 368 g/mol. The van der Waals surface area contributed by atoms with Crippen molar-refractivity contribution in [3.05, 3.63) is 27.4 Å². The van der Waals surface area contributed by atoms with Crippen molar-refractivity contribution in [2.75, 3.05) is 19.3 Å². The van der Waals surface area contributed by atoms with Crippen LogP contribution in [0.4, 0.5) is 0 Å². The number of hydrogen-bond donors (Lipinski definition) is 1. The highest BCUT2D eigenvalue weighted by Gasteiger charge is 2.36. The van der Waals surface area contributed by atoms with E-state index in [0.717, 1.165) is 38.5 Å². The highest BCUT2D eigenvalue weighted by atomic mass is 32.2. The lowest BCUT2D eigenvalue weighted by atomic mass is 9.83. The highest BCUT2D eigenvalue weighted by molar-refractivity contribution is 7.88. The Kier molecular flexibility index (Phi) is 4.84. The van der Waals surface area contributed by atoms with Gasteiger partial charge in [0.25, 0.3) is 5.56 Å². The normalized spacial score (nSPS) is 24.3. The van der Waals surface area contributed by atoms with Crippen LogP contribution in [0.2, 0.25) is 0 Å². The number of rotatable bonds is 3. The van der Waals surface area contributed by atoms with Crippen molar-refractivity contribution in [1.82, 2.24) is 19.2 Å². The fourth-order valence-corrected chi connectivity index (χ4v) is 5.02. The average molecular weight is 394 g/mol. The third-order valence-electron chi connectivity index (χ3n) is 6.08. The summed E-state index contributed by atoms with van der Waals surface area (Å²) in [7, 11) is -3.33. The van der Waals surface area contributed by atoms with Crippen LogP contribution in [0.3, 0.4) is 0 Å². The van der Waals surface area contributed by atoms with E-state index in [0.29, 0.717) is 36.6 Å². The number of carbonyl (C=O) groups is 1. The van der Waals surface area contributed by atoms with Crippen LogP contribution >= 0.6 is 0 Å². The SMILES string of the molecule is CS(=O)(=O)N1CCc2c(nc(C3CCCCN3C(=O)C3CCC3)[nH]c2=O)C1. The lowest BCUT2D eigenvalue weighted by molar-refractivity contribution is -0.142. The summed E-state index contributed by atoms with van der Waals surface area (Å²) in [5, 5.41) is 0. The molecule has 1 saturated carbocycles. The van der Waals surface area contributed by atoms with Gasteiger partial charge >= 0.3 is 0 Å². The minimum atomic E-state index is -3.33. The zero-order valence-corrected chi connectivity index (χ0v) is 16.4. The molecule has 2 fully saturated rings. The summed E-state index contributed by atoms with van der Waals surface area (Å²) in [6, 6.07) is -0.224. The molecule has 4 rings (SSSR count). The summed E-state index contributed by atoms with van der Waals surface area (Å²) in [6.45, 7) is 1.11. The summed E-state index contributed by atoms with van der Waals surface area (Å²) < 4.78 is 25.1. The first-order chi connectivity index (χ1) is 12.8. The van der Waals surface area contributed by atoms with Crippen molar-refractivity contribution < 1.29 is 13.2 Å². The van der Waals surface area contributed by atoms with Gasteiger partial charge in [0.05, 0.1) is 24.5 Å². The van der Waals surface area contributed by atoms with E-state index in [1.165, 1.54) is 10.6 Å². The third kappa shape index (κ3) is 3.54. The second-order valence-electron chi connectivity index (χ2n) is 7.89. The van der Waals surface area contributed by atoms with Gasteiger partial charge in [0.2, 0.25) is 15.9 Å². The number of nitrogens with zero attached hydrogens (tertiary/aromatic N) is 3. The molecular formula is C18H26N4O4S. The molecule has 1 aromatic rings. The molecule has 0 bridgehead atoms. The molecule has 0 aromatic carbocycles. The smallest absolute Gasteiger partial charge is 0.254 e. The van der Waals surface area contributed by atoms with Crippen LogP contribution in [0, 0.1) is 5.92 Å². The van der Waals surface area contributed by atoms with Gasteiger partial charge in [-0.15, -0.1) is 0 Å². The Bertz CT molecular complexity index is 906. The number of aromatic amines is 1. The second-order valence-corrected chi connectivity index (χ2v) is 9.88. The van der Waals surface area contributed by atoms with E-state index in [4.69, 9.17) is 0 Å².